The van der Waals surface area contributed by atoms with Gasteiger partial charge in [-0.25, -0.2) is 8.42 Å². The van der Waals surface area contributed by atoms with E-state index < -0.39 is 10.0 Å². The third kappa shape index (κ3) is 4.62. The van der Waals surface area contributed by atoms with Gasteiger partial charge >= 0.3 is 0 Å². The van der Waals surface area contributed by atoms with Crippen LogP contribution in [0.4, 0.5) is 5.69 Å². The van der Waals surface area contributed by atoms with Gasteiger partial charge in [-0.05, 0) is 42.7 Å². The van der Waals surface area contributed by atoms with Crippen molar-refractivity contribution in [2.45, 2.75) is 19.4 Å². The van der Waals surface area contributed by atoms with E-state index in [0.717, 1.165) is 26.1 Å². The molecule has 1 amide bonds. The summed E-state index contributed by atoms with van der Waals surface area (Å²) in [6.45, 7) is 4.53. The number of nitrogens with zero attached hydrogens (tertiary/aromatic N) is 3. The second-order valence-corrected chi connectivity index (χ2v) is 9.71. The molecule has 2 aliphatic rings. The Labute approximate surface area is 172 Å². The van der Waals surface area contributed by atoms with Gasteiger partial charge in [-0.15, -0.1) is 0 Å². The summed E-state index contributed by atoms with van der Waals surface area (Å²) < 4.78 is 26.0. The monoisotopic (exact) mass is 413 g/mol. The fourth-order valence-corrected chi connectivity index (χ4v) is 5.62. The first-order valence-corrected chi connectivity index (χ1v) is 11.8. The van der Waals surface area contributed by atoms with Gasteiger partial charge in [-0.3, -0.25) is 14.0 Å². The zero-order chi connectivity index (χ0) is 20.3. The van der Waals surface area contributed by atoms with Crippen LogP contribution in [0.15, 0.2) is 54.6 Å². The molecule has 0 unspecified atom stereocenters. The number of sulfonamides is 1. The maximum atomic E-state index is 12.9. The van der Waals surface area contributed by atoms with E-state index in [1.165, 1.54) is 9.87 Å². The minimum atomic E-state index is -3.23. The van der Waals surface area contributed by atoms with Crippen molar-refractivity contribution in [3.63, 3.8) is 0 Å². The van der Waals surface area contributed by atoms with E-state index in [9.17, 15) is 13.2 Å². The van der Waals surface area contributed by atoms with Crippen LogP contribution in [0, 0.1) is 0 Å². The first-order chi connectivity index (χ1) is 14.0. The molecule has 154 valence electrons. The van der Waals surface area contributed by atoms with Gasteiger partial charge in [0.1, 0.15) is 0 Å². The van der Waals surface area contributed by atoms with Crippen molar-refractivity contribution >= 4 is 21.6 Å². The molecule has 2 saturated heterocycles. The minimum absolute atomic E-state index is 0.0115. The number of hydrogen-bond acceptors (Lipinski definition) is 4. The molecule has 0 saturated carbocycles. The number of amides is 1. The standard InChI is InChI=1S/C22H27N3O3S/c26-22(24-15-13-23(14-16-24)18-19-6-2-1-3-7-19)20-8-10-21(11-9-20)25-12-4-5-17-29(25,27)28/h1-3,6-11H,4-5,12-18H2. The molecule has 29 heavy (non-hydrogen) atoms. The molecule has 0 bridgehead atoms. The summed E-state index contributed by atoms with van der Waals surface area (Å²) in [7, 11) is -3.23. The highest BCUT2D eigenvalue weighted by atomic mass is 32.2. The van der Waals surface area contributed by atoms with Gasteiger partial charge < -0.3 is 4.90 Å². The van der Waals surface area contributed by atoms with Crippen LogP contribution in [0.3, 0.4) is 0 Å². The van der Waals surface area contributed by atoms with Crippen LogP contribution in [0.1, 0.15) is 28.8 Å². The molecule has 0 aliphatic carbocycles. The van der Waals surface area contributed by atoms with E-state index in [4.69, 9.17) is 0 Å². The number of carbonyl (C=O) groups excluding carboxylic acids is 1. The molecule has 6 nitrogen and oxygen atoms in total. The van der Waals surface area contributed by atoms with E-state index in [0.29, 0.717) is 37.3 Å². The summed E-state index contributed by atoms with van der Waals surface area (Å²) in [5, 5.41) is 0. The molecule has 2 heterocycles. The Bertz CT molecular complexity index is 937. The largest absolute Gasteiger partial charge is 0.336 e. The summed E-state index contributed by atoms with van der Waals surface area (Å²) in [4.78, 5) is 17.1. The van der Waals surface area contributed by atoms with Gasteiger partial charge in [0.2, 0.25) is 10.0 Å². The topological polar surface area (TPSA) is 60.9 Å². The minimum Gasteiger partial charge on any atom is -0.336 e. The summed E-state index contributed by atoms with van der Waals surface area (Å²) in [5.41, 5.74) is 2.55. The number of benzene rings is 2. The van der Waals surface area contributed by atoms with Crippen molar-refractivity contribution in [2.24, 2.45) is 0 Å². The molecule has 0 N–H and O–H groups in total. The van der Waals surface area contributed by atoms with Gasteiger partial charge in [0.05, 0.1) is 11.4 Å². The number of rotatable bonds is 4. The first-order valence-electron chi connectivity index (χ1n) is 10.2. The smallest absolute Gasteiger partial charge is 0.253 e. The van der Waals surface area contributed by atoms with Crippen LogP contribution in [-0.4, -0.2) is 62.6 Å². The molecule has 0 spiro atoms. The van der Waals surface area contributed by atoms with E-state index in [2.05, 4.69) is 17.0 Å². The van der Waals surface area contributed by atoms with Gasteiger partial charge in [0.25, 0.3) is 5.91 Å². The zero-order valence-corrected chi connectivity index (χ0v) is 17.4. The van der Waals surface area contributed by atoms with Crippen LogP contribution < -0.4 is 4.31 Å². The Balaban J connectivity index is 1.35. The third-order valence-electron chi connectivity index (χ3n) is 5.66. The van der Waals surface area contributed by atoms with Crippen molar-refractivity contribution in [3.8, 4) is 0 Å². The maximum absolute atomic E-state index is 12.9. The SMILES string of the molecule is O=C(c1ccc(N2CCCCS2(=O)=O)cc1)N1CCN(Cc2ccccc2)CC1. The molecule has 4 rings (SSSR count). The van der Waals surface area contributed by atoms with E-state index in [-0.39, 0.29) is 11.7 Å². The predicted molar refractivity (Wildman–Crippen MR) is 114 cm³/mol. The molecule has 0 aromatic heterocycles. The highest BCUT2D eigenvalue weighted by Crippen LogP contribution is 2.24. The van der Waals surface area contributed by atoms with Crippen LogP contribution in [0.25, 0.3) is 0 Å². The zero-order valence-electron chi connectivity index (χ0n) is 16.5. The molecule has 0 atom stereocenters. The third-order valence-corrected chi connectivity index (χ3v) is 7.53. The fraction of sp³-hybridized carbons (Fsp3) is 0.409. The van der Waals surface area contributed by atoms with E-state index >= 15 is 0 Å². The first kappa shape index (κ1) is 19.9. The lowest BCUT2D eigenvalue weighted by molar-refractivity contribution is 0.0628. The van der Waals surface area contributed by atoms with Crippen LogP contribution >= 0.6 is 0 Å². The molecule has 0 radical (unpaired) electrons. The van der Waals surface area contributed by atoms with Gasteiger partial charge in [0.15, 0.2) is 0 Å². The summed E-state index contributed by atoms with van der Waals surface area (Å²) in [6, 6.07) is 17.4. The predicted octanol–water partition coefficient (Wildman–Crippen LogP) is 2.57. The molecule has 2 aliphatic heterocycles. The molecule has 2 fully saturated rings. The molecular weight excluding hydrogens is 386 g/mol. The van der Waals surface area contributed by atoms with Crippen LogP contribution in [-0.2, 0) is 16.6 Å². The van der Waals surface area contributed by atoms with Gasteiger partial charge in [-0.1, -0.05) is 30.3 Å². The van der Waals surface area contributed by atoms with E-state index in [1.54, 1.807) is 24.3 Å². The van der Waals surface area contributed by atoms with Crippen LogP contribution in [0.2, 0.25) is 0 Å². The Kier molecular flexibility index (Phi) is 5.87. The normalized spacial score (nSPS) is 19.9. The van der Waals surface area contributed by atoms with Crippen molar-refractivity contribution in [1.29, 1.82) is 0 Å². The van der Waals surface area contributed by atoms with Crippen molar-refractivity contribution in [2.75, 3.05) is 42.8 Å². The van der Waals surface area contributed by atoms with Gasteiger partial charge in [-0.2, -0.15) is 0 Å². The molecular formula is C22H27N3O3S. The highest BCUT2D eigenvalue weighted by Gasteiger charge is 2.27. The lowest BCUT2D eigenvalue weighted by atomic mass is 10.1. The lowest BCUT2D eigenvalue weighted by Crippen LogP contribution is -2.48. The van der Waals surface area contributed by atoms with Crippen molar-refractivity contribution in [1.82, 2.24) is 9.80 Å². The van der Waals surface area contributed by atoms with Gasteiger partial charge in [0, 0.05) is 44.8 Å². The molecule has 7 heteroatoms. The maximum Gasteiger partial charge on any atom is 0.253 e. The Hall–Kier alpha value is -2.38. The van der Waals surface area contributed by atoms with E-state index in [1.807, 2.05) is 23.1 Å². The Morgan fingerprint density at radius 3 is 2.17 bits per heavy atom. The quantitative estimate of drug-likeness (QED) is 0.773. The average Bonchev–Trinajstić information content (AvgIpc) is 2.74. The fourth-order valence-electron chi connectivity index (χ4n) is 3.98. The number of piperazine rings is 1. The number of hydrogen-bond donors (Lipinski definition) is 0. The summed E-state index contributed by atoms with van der Waals surface area (Å²) in [6.07, 6.45) is 1.58. The number of anilines is 1. The lowest BCUT2D eigenvalue weighted by Gasteiger charge is -2.35. The Morgan fingerprint density at radius 2 is 1.52 bits per heavy atom. The van der Waals surface area contributed by atoms with Crippen LogP contribution in [0.5, 0.6) is 0 Å². The number of carbonyl (C=O) groups is 1. The summed E-state index contributed by atoms with van der Waals surface area (Å²) >= 11 is 0. The summed E-state index contributed by atoms with van der Waals surface area (Å²) in [5.74, 6) is 0.207. The highest BCUT2D eigenvalue weighted by molar-refractivity contribution is 7.92. The molecule has 2 aromatic rings. The second-order valence-electron chi connectivity index (χ2n) is 7.70. The average molecular weight is 414 g/mol. The Morgan fingerprint density at radius 1 is 0.828 bits per heavy atom. The van der Waals surface area contributed by atoms with Crippen molar-refractivity contribution in [3.05, 3.63) is 65.7 Å². The second kappa shape index (κ2) is 8.55. The molecule has 2 aromatic carbocycles. The van der Waals surface area contributed by atoms with Crippen molar-refractivity contribution < 1.29 is 13.2 Å².